The summed E-state index contributed by atoms with van der Waals surface area (Å²) >= 11 is 0. The third kappa shape index (κ3) is 3.56. The minimum Gasteiger partial charge on any atom is -0.455 e. The van der Waals surface area contributed by atoms with Crippen LogP contribution in [0.25, 0.3) is 77.7 Å². The number of nitrogens with zero attached hydrogens (tertiary/aromatic N) is 2. The molecule has 2 heterocycles. The van der Waals surface area contributed by atoms with Crippen LogP contribution in [0.2, 0.25) is 0 Å². The summed E-state index contributed by atoms with van der Waals surface area (Å²) in [6, 6.07) is 46.8. The Labute approximate surface area is 255 Å². The van der Waals surface area contributed by atoms with E-state index in [0.717, 1.165) is 61.4 Å². The second-order valence-electron chi connectivity index (χ2n) is 12.2. The van der Waals surface area contributed by atoms with Crippen LogP contribution in [-0.2, 0) is 5.41 Å². The molecule has 3 heteroatoms. The van der Waals surface area contributed by atoms with Gasteiger partial charge in [0.15, 0.2) is 5.82 Å². The molecule has 1 aliphatic rings. The zero-order valence-electron chi connectivity index (χ0n) is 24.5. The van der Waals surface area contributed by atoms with Gasteiger partial charge in [0.2, 0.25) is 0 Å². The molecule has 0 bridgehead atoms. The molecule has 0 amide bonds. The zero-order valence-corrected chi connectivity index (χ0v) is 24.5. The quantitative estimate of drug-likeness (QED) is 0.214. The van der Waals surface area contributed by atoms with Crippen molar-refractivity contribution in [3.8, 4) is 45.0 Å². The first-order valence-electron chi connectivity index (χ1n) is 15.1. The maximum Gasteiger partial charge on any atom is 0.160 e. The predicted molar refractivity (Wildman–Crippen MR) is 181 cm³/mol. The molecule has 0 saturated heterocycles. The van der Waals surface area contributed by atoms with Crippen LogP contribution in [0.3, 0.4) is 0 Å². The smallest absolute Gasteiger partial charge is 0.160 e. The van der Waals surface area contributed by atoms with Gasteiger partial charge in [-0.25, -0.2) is 9.97 Å². The normalized spacial score (nSPS) is 13.4. The summed E-state index contributed by atoms with van der Waals surface area (Å²) in [5.74, 6) is 0.720. The molecule has 208 valence electrons. The summed E-state index contributed by atoms with van der Waals surface area (Å²) in [7, 11) is 0. The summed E-state index contributed by atoms with van der Waals surface area (Å²) in [4.78, 5) is 10.7. The summed E-state index contributed by atoms with van der Waals surface area (Å²) in [5, 5.41) is 4.70. The molecule has 0 saturated carbocycles. The molecule has 0 unspecified atom stereocenters. The fourth-order valence-corrected chi connectivity index (χ4v) is 7.15. The van der Waals surface area contributed by atoms with Gasteiger partial charge in [0, 0.05) is 44.0 Å². The van der Waals surface area contributed by atoms with Crippen LogP contribution in [-0.4, -0.2) is 9.97 Å². The topological polar surface area (TPSA) is 38.9 Å². The van der Waals surface area contributed by atoms with E-state index < -0.39 is 0 Å². The largest absolute Gasteiger partial charge is 0.455 e. The van der Waals surface area contributed by atoms with Crippen molar-refractivity contribution in [2.75, 3.05) is 0 Å². The van der Waals surface area contributed by atoms with Crippen LogP contribution in [0.1, 0.15) is 25.0 Å². The molecule has 0 spiro atoms. The van der Waals surface area contributed by atoms with E-state index in [-0.39, 0.29) is 5.41 Å². The second-order valence-corrected chi connectivity index (χ2v) is 12.2. The third-order valence-corrected chi connectivity index (χ3v) is 9.26. The predicted octanol–water partition coefficient (Wildman–Crippen LogP) is 10.8. The zero-order chi connectivity index (χ0) is 29.4. The Morgan fingerprint density at radius 3 is 2.11 bits per heavy atom. The highest BCUT2D eigenvalue weighted by Gasteiger charge is 2.41. The van der Waals surface area contributed by atoms with Crippen molar-refractivity contribution >= 4 is 32.7 Å². The minimum absolute atomic E-state index is 0.253. The Bertz CT molecular complexity index is 2420. The highest BCUT2D eigenvalue weighted by Crippen LogP contribution is 2.53. The van der Waals surface area contributed by atoms with Crippen molar-refractivity contribution in [2.45, 2.75) is 19.3 Å². The lowest BCUT2D eigenvalue weighted by molar-refractivity contribution is 0.658. The molecule has 6 aromatic carbocycles. The van der Waals surface area contributed by atoms with E-state index in [9.17, 15) is 0 Å². The average Bonchev–Trinajstić information content (AvgIpc) is 3.57. The lowest BCUT2D eigenvalue weighted by Gasteiger charge is -2.24. The number of benzene rings is 6. The van der Waals surface area contributed by atoms with Gasteiger partial charge in [-0.05, 0) is 34.0 Å². The molecule has 0 aliphatic heterocycles. The first kappa shape index (κ1) is 25.0. The van der Waals surface area contributed by atoms with E-state index in [1.54, 1.807) is 0 Å². The van der Waals surface area contributed by atoms with Gasteiger partial charge in [-0.3, -0.25) is 0 Å². The lowest BCUT2D eigenvalue weighted by atomic mass is 9.80. The van der Waals surface area contributed by atoms with Crippen molar-refractivity contribution in [3.05, 3.63) is 145 Å². The van der Waals surface area contributed by atoms with Crippen LogP contribution in [0, 0.1) is 0 Å². The average molecular weight is 565 g/mol. The molecule has 0 fully saturated rings. The van der Waals surface area contributed by atoms with Crippen molar-refractivity contribution < 1.29 is 4.42 Å². The fraction of sp³-hybridized carbons (Fsp3) is 0.0732. The third-order valence-electron chi connectivity index (χ3n) is 9.26. The first-order chi connectivity index (χ1) is 21.6. The monoisotopic (exact) mass is 564 g/mol. The number of aromatic nitrogens is 2. The summed E-state index contributed by atoms with van der Waals surface area (Å²) in [6.07, 6.45) is 0. The molecule has 1 aliphatic carbocycles. The number of hydrogen-bond donors (Lipinski definition) is 0. The Morgan fingerprint density at radius 1 is 0.545 bits per heavy atom. The van der Waals surface area contributed by atoms with E-state index in [1.807, 2.05) is 12.1 Å². The SMILES string of the molecule is CC1(C)c2ccc3ccccc3c2-c2nc(-c3cccc(-c4cccc5c4oc4ccccc45)c3)nc(-c3ccccc3)c21. The Morgan fingerprint density at radius 2 is 1.23 bits per heavy atom. The highest BCUT2D eigenvalue weighted by molar-refractivity contribution is 6.09. The van der Waals surface area contributed by atoms with Crippen LogP contribution >= 0.6 is 0 Å². The van der Waals surface area contributed by atoms with Gasteiger partial charge in [-0.15, -0.1) is 0 Å². The van der Waals surface area contributed by atoms with Gasteiger partial charge in [-0.1, -0.05) is 135 Å². The minimum atomic E-state index is -0.253. The van der Waals surface area contributed by atoms with Gasteiger partial charge in [0.1, 0.15) is 11.2 Å². The van der Waals surface area contributed by atoms with Crippen LogP contribution in [0.5, 0.6) is 0 Å². The van der Waals surface area contributed by atoms with E-state index >= 15 is 0 Å². The first-order valence-corrected chi connectivity index (χ1v) is 15.1. The van der Waals surface area contributed by atoms with E-state index in [0.29, 0.717) is 0 Å². The molecule has 0 N–H and O–H groups in total. The van der Waals surface area contributed by atoms with Crippen LogP contribution in [0.15, 0.2) is 138 Å². The molecular formula is C41H28N2O. The molecule has 44 heavy (non-hydrogen) atoms. The standard InChI is InChI=1S/C41H28N2O/c1-41(2)33-23-22-25-12-6-7-17-29(25)35(33)38-36(41)37(26-13-4-3-5-14-26)42-40(43-38)28-16-10-15-27(24-28)30-19-11-20-32-31-18-8-9-21-34(31)44-39(30)32/h3-24H,1-2H3. The van der Waals surface area contributed by atoms with Crippen LogP contribution < -0.4 is 0 Å². The molecular weight excluding hydrogens is 536 g/mol. The summed E-state index contributed by atoms with van der Waals surface area (Å²) < 4.78 is 6.39. The lowest BCUT2D eigenvalue weighted by Crippen LogP contribution is -2.17. The Balaban J connectivity index is 1.30. The van der Waals surface area contributed by atoms with Gasteiger partial charge in [-0.2, -0.15) is 0 Å². The van der Waals surface area contributed by atoms with Crippen LogP contribution in [0.4, 0.5) is 0 Å². The number of fused-ring (bicyclic) bond motifs is 8. The fourth-order valence-electron chi connectivity index (χ4n) is 7.15. The Kier molecular flexibility index (Phi) is 5.24. The van der Waals surface area contributed by atoms with Crippen molar-refractivity contribution in [3.63, 3.8) is 0 Å². The van der Waals surface area contributed by atoms with E-state index in [2.05, 4.69) is 135 Å². The maximum atomic E-state index is 6.39. The van der Waals surface area contributed by atoms with Crippen molar-refractivity contribution in [1.29, 1.82) is 0 Å². The van der Waals surface area contributed by atoms with Gasteiger partial charge < -0.3 is 4.42 Å². The molecule has 8 aromatic rings. The number of para-hydroxylation sites is 2. The van der Waals surface area contributed by atoms with Gasteiger partial charge in [0.25, 0.3) is 0 Å². The van der Waals surface area contributed by atoms with E-state index in [1.165, 1.54) is 27.5 Å². The van der Waals surface area contributed by atoms with Crippen molar-refractivity contribution in [1.82, 2.24) is 9.97 Å². The molecule has 3 nitrogen and oxygen atoms in total. The molecule has 0 atom stereocenters. The Hall–Kier alpha value is -5.54. The summed E-state index contributed by atoms with van der Waals surface area (Å²) in [5.41, 5.74) is 11.4. The molecule has 0 radical (unpaired) electrons. The highest BCUT2D eigenvalue weighted by atomic mass is 16.3. The summed E-state index contributed by atoms with van der Waals surface area (Å²) in [6.45, 7) is 4.60. The number of hydrogen-bond acceptors (Lipinski definition) is 3. The molecule has 2 aromatic heterocycles. The van der Waals surface area contributed by atoms with Gasteiger partial charge in [0.05, 0.1) is 11.4 Å². The number of rotatable bonds is 3. The number of furan rings is 1. The van der Waals surface area contributed by atoms with E-state index in [4.69, 9.17) is 14.4 Å². The van der Waals surface area contributed by atoms with Gasteiger partial charge >= 0.3 is 0 Å². The molecule has 9 rings (SSSR count). The van der Waals surface area contributed by atoms with Crippen molar-refractivity contribution in [2.24, 2.45) is 0 Å². The second kappa shape index (κ2) is 9.23. The maximum absolute atomic E-state index is 6.39.